The Labute approximate surface area is 122 Å². The van der Waals surface area contributed by atoms with Crippen LogP contribution in [0.2, 0.25) is 0 Å². The van der Waals surface area contributed by atoms with Gasteiger partial charge in [-0.15, -0.1) is 0 Å². The molecular formula is C15H25N5. The Morgan fingerprint density at radius 1 is 1.40 bits per heavy atom. The van der Waals surface area contributed by atoms with Crippen molar-refractivity contribution in [2.75, 3.05) is 30.4 Å². The molecule has 20 heavy (non-hydrogen) atoms. The molecule has 0 aliphatic carbocycles. The summed E-state index contributed by atoms with van der Waals surface area (Å²) in [5.41, 5.74) is -0.109. The molecule has 0 spiro atoms. The van der Waals surface area contributed by atoms with E-state index in [4.69, 9.17) is 5.26 Å². The second-order valence-electron chi connectivity index (χ2n) is 6.13. The third-order valence-corrected chi connectivity index (χ3v) is 2.90. The molecule has 5 heteroatoms. The lowest BCUT2D eigenvalue weighted by Gasteiger charge is -2.24. The first-order valence-corrected chi connectivity index (χ1v) is 7.02. The van der Waals surface area contributed by atoms with Crippen molar-refractivity contribution in [1.29, 1.82) is 5.26 Å². The molecule has 0 aliphatic heterocycles. The highest BCUT2D eigenvalue weighted by atomic mass is 15.2. The van der Waals surface area contributed by atoms with Gasteiger partial charge in [-0.05, 0) is 13.8 Å². The zero-order chi connectivity index (χ0) is 15.3. The standard InChI is InChI=1S/C15H25N5/c1-7-17-12-8-13(20(6)10-11(2)9-16)19-14(18-12)15(3,4)5/h8,11H,7,10H2,1-6H3,(H,17,18,19). The SMILES string of the molecule is CCNc1cc(N(C)CC(C)C#N)nc(C(C)(C)C)n1. The van der Waals surface area contributed by atoms with Gasteiger partial charge in [-0.2, -0.15) is 5.26 Å². The van der Waals surface area contributed by atoms with E-state index in [1.807, 2.05) is 31.9 Å². The highest BCUT2D eigenvalue weighted by Crippen LogP contribution is 2.24. The molecule has 1 atom stereocenters. The molecule has 0 aromatic carbocycles. The fraction of sp³-hybridized carbons (Fsp3) is 0.667. The minimum atomic E-state index is -0.109. The molecule has 1 N–H and O–H groups in total. The summed E-state index contributed by atoms with van der Waals surface area (Å²) in [7, 11) is 1.96. The number of nitrogens with one attached hydrogen (secondary N) is 1. The van der Waals surface area contributed by atoms with Crippen LogP contribution in [-0.4, -0.2) is 30.1 Å². The van der Waals surface area contributed by atoms with E-state index < -0.39 is 0 Å². The van der Waals surface area contributed by atoms with Gasteiger partial charge in [-0.3, -0.25) is 0 Å². The van der Waals surface area contributed by atoms with Crippen LogP contribution in [0.1, 0.15) is 40.4 Å². The predicted molar refractivity (Wildman–Crippen MR) is 82.9 cm³/mol. The fourth-order valence-electron chi connectivity index (χ4n) is 1.78. The van der Waals surface area contributed by atoms with Gasteiger partial charge < -0.3 is 10.2 Å². The maximum absolute atomic E-state index is 8.93. The first kappa shape index (κ1) is 16.2. The number of hydrogen-bond donors (Lipinski definition) is 1. The minimum absolute atomic E-state index is 0.0318. The largest absolute Gasteiger partial charge is 0.370 e. The molecule has 0 amide bonds. The van der Waals surface area contributed by atoms with Crippen molar-refractivity contribution in [1.82, 2.24) is 9.97 Å². The normalized spacial score (nSPS) is 12.7. The quantitative estimate of drug-likeness (QED) is 0.895. The second-order valence-corrected chi connectivity index (χ2v) is 6.13. The molecular weight excluding hydrogens is 250 g/mol. The van der Waals surface area contributed by atoms with Crippen LogP contribution in [0.15, 0.2) is 6.07 Å². The molecule has 1 aromatic rings. The molecule has 0 fully saturated rings. The van der Waals surface area contributed by atoms with Gasteiger partial charge in [0.25, 0.3) is 0 Å². The second kappa shape index (κ2) is 6.56. The summed E-state index contributed by atoms with van der Waals surface area (Å²) < 4.78 is 0. The van der Waals surface area contributed by atoms with Gasteiger partial charge in [0.2, 0.25) is 0 Å². The van der Waals surface area contributed by atoms with Gasteiger partial charge in [0.1, 0.15) is 17.5 Å². The van der Waals surface area contributed by atoms with Crippen LogP contribution in [0.5, 0.6) is 0 Å². The van der Waals surface area contributed by atoms with Gasteiger partial charge in [-0.1, -0.05) is 20.8 Å². The van der Waals surface area contributed by atoms with Crippen molar-refractivity contribution in [2.24, 2.45) is 5.92 Å². The van der Waals surface area contributed by atoms with E-state index in [1.54, 1.807) is 0 Å². The maximum atomic E-state index is 8.93. The van der Waals surface area contributed by atoms with E-state index in [-0.39, 0.29) is 11.3 Å². The highest BCUT2D eigenvalue weighted by molar-refractivity contribution is 5.49. The molecule has 1 heterocycles. The van der Waals surface area contributed by atoms with Gasteiger partial charge >= 0.3 is 0 Å². The summed E-state index contributed by atoms with van der Waals surface area (Å²) >= 11 is 0. The first-order valence-electron chi connectivity index (χ1n) is 7.02. The van der Waals surface area contributed by atoms with Gasteiger partial charge in [0.15, 0.2) is 0 Å². The summed E-state index contributed by atoms with van der Waals surface area (Å²) in [4.78, 5) is 11.2. The Hall–Kier alpha value is -1.83. The van der Waals surface area contributed by atoms with Gasteiger partial charge in [-0.25, -0.2) is 9.97 Å². The predicted octanol–water partition coefficient (Wildman–Crippen LogP) is 2.80. The van der Waals surface area contributed by atoms with E-state index in [9.17, 15) is 0 Å². The zero-order valence-corrected chi connectivity index (χ0v) is 13.4. The van der Waals surface area contributed by atoms with Crippen LogP contribution in [-0.2, 0) is 5.41 Å². The molecule has 1 unspecified atom stereocenters. The van der Waals surface area contributed by atoms with Crippen molar-refractivity contribution < 1.29 is 0 Å². The monoisotopic (exact) mass is 275 g/mol. The number of nitriles is 1. The Balaban J connectivity index is 3.12. The minimum Gasteiger partial charge on any atom is -0.370 e. The average Bonchev–Trinajstić information content (AvgIpc) is 2.37. The summed E-state index contributed by atoms with van der Waals surface area (Å²) in [6, 6.07) is 4.18. The molecule has 0 radical (unpaired) electrons. The zero-order valence-electron chi connectivity index (χ0n) is 13.4. The van der Waals surface area contributed by atoms with Crippen molar-refractivity contribution in [3.63, 3.8) is 0 Å². The average molecular weight is 275 g/mol. The molecule has 0 saturated carbocycles. The van der Waals surface area contributed by atoms with Crippen LogP contribution in [0, 0.1) is 17.2 Å². The first-order chi connectivity index (χ1) is 9.27. The lowest BCUT2D eigenvalue weighted by molar-refractivity contribution is 0.544. The number of nitrogens with zero attached hydrogens (tertiary/aromatic N) is 4. The molecule has 5 nitrogen and oxygen atoms in total. The highest BCUT2D eigenvalue weighted by Gasteiger charge is 2.20. The smallest absolute Gasteiger partial charge is 0.138 e. The lowest BCUT2D eigenvalue weighted by atomic mass is 9.96. The Morgan fingerprint density at radius 3 is 2.55 bits per heavy atom. The fourth-order valence-corrected chi connectivity index (χ4v) is 1.78. The van der Waals surface area contributed by atoms with E-state index in [0.717, 1.165) is 24.0 Å². The Kier molecular flexibility index (Phi) is 5.32. The number of anilines is 2. The molecule has 110 valence electrons. The number of aromatic nitrogens is 2. The van der Waals surface area contributed by atoms with E-state index >= 15 is 0 Å². The summed E-state index contributed by atoms with van der Waals surface area (Å²) in [6.07, 6.45) is 0. The summed E-state index contributed by atoms with van der Waals surface area (Å²) in [6.45, 7) is 11.7. The number of hydrogen-bond acceptors (Lipinski definition) is 5. The van der Waals surface area contributed by atoms with E-state index in [2.05, 4.69) is 42.1 Å². The van der Waals surface area contributed by atoms with E-state index in [1.165, 1.54) is 0 Å². The third kappa shape index (κ3) is 4.37. The van der Waals surface area contributed by atoms with Crippen molar-refractivity contribution in [2.45, 2.75) is 40.0 Å². The molecule has 1 rings (SSSR count). The Bertz CT molecular complexity index is 484. The summed E-state index contributed by atoms with van der Waals surface area (Å²) in [5.74, 6) is 2.46. The van der Waals surface area contributed by atoms with Crippen molar-refractivity contribution in [3.05, 3.63) is 11.9 Å². The van der Waals surface area contributed by atoms with Crippen LogP contribution in [0.4, 0.5) is 11.6 Å². The molecule has 0 bridgehead atoms. The topological polar surface area (TPSA) is 64.8 Å². The molecule has 1 aromatic heterocycles. The van der Waals surface area contributed by atoms with Crippen LogP contribution < -0.4 is 10.2 Å². The van der Waals surface area contributed by atoms with Crippen molar-refractivity contribution >= 4 is 11.6 Å². The van der Waals surface area contributed by atoms with Crippen LogP contribution in [0.3, 0.4) is 0 Å². The maximum Gasteiger partial charge on any atom is 0.138 e. The third-order valence-electron chi connectivity index (χ3n) is 2.90. The van der Waals surface area contributed by atoms with Gasteiger partial charge in [0, 0.05) is 31.6 Å². The van der Waals surface area contributed by atoms with Crippen molar-refractivity contribution in [3.8, 4) is 6.07 Å². The lowest BCUT2D eigenvalue weighted by Crippen LogP contribution is -2.26. The Morgan fingerprint density at radius 2 is 2.05 bits per heavy atom. The van der Waals surface area contributed by atoms with E-state index in [0.29, 0.717) is 6.54 Å². The van der Waals surface area contributed by atoms with Crippen LogP contribution in [0.25, 0.3) is 0 Å². The number of rotatable bonds is 5. The van der Waals surface area contributed by atoms with Crippen LogP contribution >= 0.6 is 0 Å². The summed E-state index contributed by atoms with van der Waals surface area (Å²) in [5, 5.41) is 12.2. The van der Waals surface area contributed by atoms with Gasteiger partial charge in [0.05, 0.1) is 12.0 Å². The molecule has 0 saturated heterocycles. The molecule has 0 aliphatic rings.